The number of rotatable bonds is 5. The summed E-state index contributed by atoms with van der Waals surface area (Å²) in [5, 5.41) is 9.64. The number of para-hydroxylation sites is 6. The molecule has 5 aromatic heterocycles. The van der Waals surface area contributed by atoms with Crippen LogP contribution in [0.2, 0.25) is 0 Å². The van der Waals surface area contributed by atoms with Gasteiger partial charge in [0.25, 0.3) is 0 Å². The summed E-state index contributed by atoms with van der Waals surface area (Å²) in [6.45, 7) is 0. The first-order chi connectivity index (χ1) is 31.8. The molecule has 0 bridgehead atoms. The molecule has 0 saturated heterocycles. The van der Waals surface area contributed by atoms with Crippen molar-refractivity contribution in [1.29, 1.82) is 0 Å². The molecule has 5 nitrogen and oxygen atoms in total. The molecule has 14 rings (SSSR count). The van der Waals surface area contributed by atoms with E-state index < -0.39 is 0 Å². The molecule has 0 amide bonds. The average Bonchev–Trinajstić information content (AvgIpc) is 4.10. The third kappa shape index (κ3) is 5.00. The Balaban J connectivity index is 1.17. The molecule has 9 aromatic carbocycles. The zero-order valence-electron chi connectivity index (χ0n) is 34.4. The first-order valence-electron chi connectivity index (χ1n) is 21.7. The van der Waals surface area contributed by atoms with Crippen molar-refractivity contribution in [2.24, 2.45) is 0 Å². The van der Waals surface area contributed by atoms with Gasteiger partial charge in [0.2, 0.25) is 0 Å². The Labute approximate surface area is 371 Å². The van der Waals surface area contributed by atoms with Crippen molar-refractivity contribution in [2.45, 2.75) is 0 Å². The van der Waals surface area contributed by atoms with Gasteiger partial charge in [-0.2, -0.15) is 0 Å². The van der Waals surface area contributed by atoms with Gasteiger partial charge in [-0.25, -0.2) is 9.97 Å². The minimum Gasteiger partial charge on any atom is -0.308 e. The molecular formula is C58H35N5S. The van der Waals surface area contributed by atoms with E-state index in [1.54, 1.807) is 0 Å². The van der Waals surface area contributed by atoms with Crippen LogP contribution in [0.3, 0.4) is 0 Å². The lowest BCUT2D eigenvalue weighted by Crippen LogP contribution is -2.08. The summed E-state index contributed by atoms with van der Waals surface area (Å²) in [5.74, 6) is 2.23. The zero-order chi connectivity index (χ0) is 41.9. The third-order valence-electron chi connectivity index (χ3n) is 13.1. The molecule has 14 aromatic rings. The van der Waals surface area contributed by atoms with Crippen LogP contribution in [-0.2, 0) is 0 Å². The summed E-state index contributed by atoms with van der Waals surface area (Å²) in [7, 11) is 0. The van der Waals surface area contributed by atoms with Crippen LogP contribution in [0, 0.1) is 0 Å². The second kappa shape index (κ2) is 13.6. The second-order valence-electron chi connectivity index (χ2n) is 16.5. The third-order valence-corrected chi connectivity index (χ3v) is 14.3. The van der Waals surface area contributed by atoms with Gasteiger partial charge in [0.15, 0.2) is 5.82 Å². The van der Waals surface area contributed by atoms with Gasteiger partial charge in [0.05, 0.1) is 44.4 Å². The fourth-order valence-electron chi connectivity index (χ4n) is 10.4. The molecule has 0 N–H and O–H groups in total. The number of fused-ring (bicyclic) bond motifs is 12. The lowest BCUT2D eigenvalue weighted by Gasteiger charge is -2.20. The van der Waals surface area contributed by atoms with E-state index in [0.717, 1.165) is 67.1 Å². The van der Waals surface area contributed by atoms with Crippen molar-refractivity contribution in [1.82, 2.24) is 23.7 Å². The van der Waals surface area contributed by atoms with Gasteiger partial charge in [-0.05, 0) is 54.1 Å². The normalized spacial score (nSPS) is 12.1. The molecular weight excluding hydrogens is 799 g/mol. The molecule has 6 heteroatoms. The summed E-state index contributed by atoms with van der Waals surface area (Å²) >= 11 is 1.85. The van der Waals surface area contributed by atoms with Crippen LogP contribution >= 0.6 is 11.3 Å². The van der Waals surface area contributed by atoms with E-state index in [4.69, 9.17) is 9.97 Å². The van der Waals surface area contributed by atoms with Crippen LogP contribution in [0.4, 0.5) is 0 Å². The van der Waals surface area contributed by atoms with Gasteiger partial charge in [-0.1, -0.05) is 158 Å². The number of hydrogen-bond acceptors (Lipinski definition) is 3. The molecule has 5 heterocycles. The van der Waals surface area contributed by atoms with Gasteiger partial charge in [0, 0.05) is 64.1 Å². The first kappa shape index (κ1) is 35.3. The minimum absolute atomic E-state index is 0.641. The summed E-state index contributed by atoms with van der Waals surface area (Å²) in [5.41, 5.74) is 10.8. The van der Waals surface area contributed by atoms with E-state index in [1.165, 1.54) is 52.5 Å². The van der Waals surface area contributed by atoms with E-state index >= 15 is 0 Å². The van der Waals surface area contributed by atoms with E-state index in [9.17, 15) is 0 Å². The number of hydrogen-bond donors (Lipinski definition) is 0. The predicted molar refractivity (Wildman–Crippen MR) is 269 cm³/mol. The topological polar surface area (TPSA) is 40.6 Å². The highest BCUT2D eigenvalue weighted by molar-refractivity contribution is 7.26. The molecule has 0 atom stereocenters. The van der Waals surface area contributed by atoms with Gasteiger partial charge >= 0.3 is 0 Å². The van der Waals surface area contributed by atoms with Gasteiger partial charge < -0.3 is 4.57 Å². The van der Waals surface area contributed by atoms with Crippen LogP contribution < -0.4 is 0 Å². The van der Waals surface area contributed by atoms with Crippen LogP contribution in [0.1, 0.15) is 0 Å². The minimum atomic E-state index is 0.641. The maximum atomic E-state index is 5.78. The highest BCUT2D eigenvalue weighted by Gasteiger charge is 2.25. The first-order valence-corrected chi connectivity index (χ1v) is 22.5. The molecule has 64 heavy (non-hydrogen) atoms. The van der Waals surface area contributed by atoms with Crippen LogP contribution in [-0.4, -0.2) is 23.7 Å². The van der Waals surface area contributed by atoms with E-state index in [0.29, 0.717) is 5.82 Å². The maximum absolute atomic E-state index is 5.78. The van der Waals surface area contributed by atoms with Crippen molar-refractivity contribution < 1.29 is 0 Å². The summed E-state index contributed by atoms with van der Waals surface area (Å²) in [6, 6.07) is 76.5. The molecule has 0 spiro atoms. The lowest BCUT2D eigenvalue weighted by molar-refractivity contribution is 0.991. The van der Waals surface area contributed by atoms with Crippen molar-refractivity contribution in [2.75, 3.05) is 0 Å². The fraction of sp³-hybridized carbons (Fsp3) is 0. The monoisotopic (exact) mass is 833 g/mol. The SMILES string of the molecule is c1cc(-c2cccc3c2sc2ccccc23)c(-c2nc(-n3c4ccccc4c4ccccc43)cc(-n3c4ccccc4c4ccccc43)n2)c(-n2c3ccccc3c3ccccc32)c1. The Morgan fingerprint density at radius 3 is 1.17 bits per heavy atom. The van der Waals surface area contributed by atoms with Gasteiger partial charge in [0.1, 0.15) is 11.6 Å². The molecule has 0 aliphatic rings. The highest BCUT2D eigenvalue weighted by atomic mass is 32.1. The van der Waals surface area contributed by atoms with E-state index in [-0.39, 0.29) is 0 Å². The molecule has 0 fully saturated rings. The Hall–Kier alpha value is -8.32. The second-order valence-corrected chi connectivity index (χ2v) is 17.5. The number of nitrogens with zero attached hydrogens (tertiary/aromatic N) is 5. The molecule has 0 aliphatic heterocycles. The van der Waals surface area contributed by atoms with Crippen molar-refractivity contribution in [3.05, 3.63) is 212 Å². The molecule has 0 saturated carbocycles. The number of aromatic nitrogens is 5. The summed E-state index contributed by atoms with van der Waals surface area (Å²) in [6.07, 6.45) is 0. The molecule has 0 unspecified atom stereocenters. The predicted octanol–water partition coefficient (Wildman–Crippen LogP) is 15.5. The van der Waals surface area contributed by atoms with Crippen molar-refractivity contribution >= 4 is 96.9 Å². The van der Waals surface area contributed by atoms with E-state index in [2.05, 4.69) is 226 Å². The van der Waals surface area contributed by atoms with Crippen molar-refractivity contribution in [3.63, 3.8) is 0 Å². The highest BCUT2D eigenvalue weighted by Crippen LogP contribution is 2.46. The Morgan fingerprint density at radius 1 is 0.312 bits per heavy atom. The Bertz CT molecular complexity index is 3930. The zero-order valence-corrected chi connectivity index (χ0v) is 35.2. The number of thiophene rings is 1. The van der Waals surface area contributed by atoms with Gasteiger partial charge in [-0.3, -0.25) is 9.13 Å². The molecule has 298 valence electrons. The summed E-state index contributed by atoms with van der Waals surface area (Å²) in [4.78, 5) is 11.6. The fourth-order valence-corrected chi connectivity index (χ4v) is 11.7. The standard InChI is InChI=1S/C58H35N5S/c1-8-27-46-36(17-1)37-18-2-9-28-47(37)61(46)52-33-16-24-43(45-26-15-25-44-42-23-7-14-34-53(42)64-57(44)45)56(52)58-59-54(62-48-29-10-3-19-38(48)39-20-4-11-30-49(39)62)35-55(60-58)63-50-31-12-5-21-40(50)41-22-6-13-32-51(41)63/h1-35H. The van der Waals surface area contributed by atoms with Crippen LogP contribution in [0.15, 0.2) is 212 Å². The molecule has 0 radical (unpaired) electrons. The van der Waals surface area contributed by atoms with Crippen LogP contribution in [0.5, 0.6) is 0 Å². The van der Waals surface area contributed by atoms with Crippen molar-refractivity contribution in [3.8, 4) is 39.8 Å². The quantitative estimate of drug-likeness (QED) is 0.173. The average molecular weight is 834 g/mol. The Kier molecular flexibility index (Phi) is 7.49. The maximum Gasteiger partial charge on any atom is 0.166 e. The van der Waals surface area contributed by atoms with Gasteiger partial charge in [-0.15, -0.1) is 11.3 Å². The smallest absolute Gasteiger partial charge is 0.166 e. The number of benzene rings is 9. The Morgan fingerprint density at radius 2 is 0.688 bits per heavy atom. The summed E-state index contributed by atoms with van der Waals surface area (Å²) < 4.78 is 9.57. The largest absolute Gasteiger partial charge is 0.308 e. The lowest BCUT2D eigenvalue weighted by atomic mass is 9.95. The van der Waals surface area contributed by atoms with E-state index in [1.807, 2.05) is 11.3 Å². The molecule has 0 aliphatic carbocycles. The van der Waals surface area contributed by atoms with Crippen LogP contribution in [0.25, 0.3) is 125 Å².